The first kappa shape index (κ1) is 22.9. The molecule has 0 aliphatic carbocycles. The first-order chi connectivity index (χ1) is 15.8. The van der Waals surface area contributed by atoms with E-state index in [2.05, 4.69) is 15.3 Å². The summed E-state index contributed by atoms with van der Waals surface area (Å²) in [5, 5.41) is 2.72. The summed E-state index contributed by atoms with van der Waals surface area (Å²) in [6, 6.07) is 15.7. The van der Waals surface area contributed by atoms with E-state index in [-0.39, 0.29) is 16.6 Å². The lowest BCUT2D eigenvalue weighted by Gasteiger charge is -2.11. The van der Waals surface area contributed by atoms with E-state index in [0.29, 0.717) is 17.1 Å². The van der Waals surface area contributed by atoms with Gasteiger partial charge in [0.05, 0.1) is 34.5 Å². The van der Waals surface area contributed by atoms with Gasteiger partial charge < -0.3 is 10.1 Å². The molecule has 0 unspecified atom stereocenters. The Labute approximate surface area is 195 Å². The number of ether oxygens (including phenoxy) is 1. The summed E-state index contributed by atoms with van der Waals surface area (Å²) in [7, 11) is 1.58. The number of nitrogens with one attached hydrogen (secondary N) is 1. The number of carbonyl (C=O) groups is 1. The molecule has 2 heterocycles. The Bertz CT molecular complexity index is 1310. The van der Waals surface area contributed by atoms with Gasteiger partial charge in [0.25, 0.3) is 0 Å². The molecular weight excluding hydrogens is 477 g/mol. The van der Waals surface area contributed by atoms with Crippen molar-refractivity contribution in [2.45, 2.75) is 11.3 Å². The molecule has 6 nitrogen and oxygen atoms in total. The number of methoxy groups -OCH3 is 1. The van der Waals surface area contributed by atoms with Gasteiger partial charge >= 0.3 is 6.18 Å². The number of imidazole rings is 1. The van der Waals surface area contributed by atoms with Gasteiger partial charge in [-0.05, 0) is 42.5 Å². The molecule has 4 rings (SSSR count). The average Bonchev–Trinajstić information content (AvgIpc) is 3.17. The van der Waals surface area contributed by atoms with Crippen molar-refractivity contribution in [3.05, 3.63) is 71.4 Å². The van der Waals surface area contributed by atoms with E-state index in [9.17, 15) is 18.0 Å². The maximum atomic E-state index is 12.8. The number of alkyl halides is 3. The summed E-state index contributed by atoms with van der Waals surface area (Å²) in [6.45, 7) is 0. The van der Waals surface area contributed by atoms with Gasteiger partial charge in [0.1, 0.15) is 5.75 Å². The zero-order valence-corrected chi connectivity index (χ0v) is 18.6. The van der Waals surface area contributed by atoms with Crippen molar-refractivity contribution in [1.82, 2.24) is 14.5 Å². The van der Waals surface area contributed by atoms with Crippen LogP contribution in [0.3, 0.4) is 0 Å². The van der Waals surface area contributed by atoms with Crippen LogP contribution in [0.2, 0.25) is 5.02 Å². The Kier molecular flexibility index (Phi) is 6.48. The minimum absolute atomic E-state index is 0.0570. The van der Waals surface area contributed by atoms with Crippen molar-refractivity contribution in [3.8, 4) is 11.4 Å². The number of para-hydroxylation sites is 2. The number of rotatable bonds is 6. The fourth-order valence-electron chi connectivity index (χ4n) is 3.06. The van der Waals surface area contributed by atoms with E-state index in [1.54, 1.807) is 7.11 Å². The second-order valence-electron chi connectivity index (χ2n) is 6.81. The Morgan fingerprint density at radius 2 is 1.91 bits per heavy atom. The largest absolute Gasteiger partial charge is 0.497 e. The van der Waals surface area contributed by atoms with Gasteiger partial charge in [0.2, 0.25) is 5.91 Å². The van der Waals surface area contributed by atoms with Gasteiger partial charge in [0, 0.05) is 11.9 Å². The fourth-order valence-corrected chi connectivity index (χ4v) is 4.11. The molecule has 1 N–H and O–H groups in total. The molecule has 0 saturated carbocycles. The molecule has 0 aliphatic heterocycles. The monoisotopic (exact) mass is 492 g/mol. The van der Waals surface area contributed by atoms with E-state index in [1.165, 1.54) is 11.8 Å². The molecule has 33 heavy (non-hydrogen) atoms. The number of anilines is 1. The van der Waals surface area contributed by atoms with Gasteiger partial charge in [-0.1, -0.05) is 35.5 Å². The van der Waals surface area contributed by atoms with Crippen molar-refractivity contribution in [1.29, 1.82) is 0 Å². The predicted octanol–water partition coefficient (Wildman–Crippen LogP) is 5.83. The first-order valence-corrected chi connectivity index (χ1v) is 10.9. The number of hydrogen-bond acceptors (Lipinski definition) is 5. The third kappa shape index (κ3) is 5.07. The Morgan fingerprint density at radius 1 is 1.18 bits per heavy atom. The van der Waals surface area contributed by atoms with E-state index in [0.717, 1.165) is 22.8 Å². The number of halogens is 4. The molecule has 11 heteroatoms. The van der Waals surface area contributed by atoms with Crippen LogP contribution < -0.4 is 10.1 Å². The topological polar surface area (TPSA) is 69.0 Å². The number of amides is 1. The Morgan fingerprint density at radius 3 is 2.58 bits per heavy atom. The lowest BCUT2D eigenvalue weighted by atomic mass is 10.2. The Balaban J connectivity index is 1.54. The summed E-state index contributed by atoms with van der Waals surface area (Å²) in [4.78, 5) is 20.7. The van der Waals surface area contributed by atoms with Gasteiger partial charge in [-0.3, -0.25) is 9.36 Å². The number of fused-ring (bicyclic) bond motifs is 1. The zero-order valence-electron chi connectivity index (χ0n) is 17.1. The van der Waals surface area contributed by atoms with E-state index in [1.807, 2.05) is 53.1 Å². The molecule has 1 amide bonds. The van der Waals surface area contributed by atoms with Crippen LogP contribution in [-0.2, 0) is 11.0 Å². The standard InChI is InChI=1S/C22H16ClF3N4O2S/c1-32-15-8-6-14(7-9-15)30-18-5-3-2-4-17(18)28-21(30)33-12-19(31)29-20-16(23)10-13(11-27-20)22(24,25)26/h2-11H,12H2,1H3,(H,27,29,31). The molecule has 0 aliphatic rings. The van der Waals surface area contributed by atoms with Gasteiger partial charge in [0.15, 0.2) is 11.0 Å². The minimum atomic E-state index is -4.57. The lowest BCUT2D eigenvalue weighted by Crippen LogP contribution is -2.16. The third-order valence-corrected chi connectivity index (χ3v) is 5.85. The lowest BCUT2D eigenvalue weighted by molar-refractivity contribution is -0.137. The summed E-state index contributed by atoms with van der Waals surface area (Å²) in [6.07, 6.45) is -3.95. The normalized spacial score (nSPS) is 11.5. The second-order valence-corrected chi connectivity index (χ2v) is 8.16. The zero-order chi connectivity index (χ0) is 23.6. The molecule has 2 aromatic carbocycles. The molecule has 0 saturated heterocycles. The third-order valence-electron chi connectivity index (χ3n) is 4.62. The molecule has 0 fully saturated rings. The molecule has 0 spiro atoms. The van der Waals surface area contributed by atoms with Crippen molar-refractivity contribution >= 4 is 46.1 Å². The maximum Gasteiger partial charge on any atom is 0.417 e. The molecular formula is C22H16ClF3N4O2S. The first-order valence-electron chi connectivity index (χ1n) is 9.53. The van der Waals surface area contributed by atoms with Crippen LogP contribution in [0.4, 0.5) is 19.0 Å². The highest BCUT2D eigenvalue weighted by molar-refractivity contribution is 7.99. The van der Waals surface area contributed by atoms with Crippen LogP contribution >= 0.6 is 23.4 Å². The molecule has 4 aromatic rings. The highest BCUT2D eigenvalue weighted by atomic mass is 35.5. The van der Waals surface area contributed by atoms with E-state index < -0.39 is 17.6 Å². The molecule has 2 aromatic heterocycles. The number of hydrogen-bond donors (Lipinski definition) is 1. The number of nitrogens with zero attached hydrogens (tertiary/aromatic N) is 3. The molecule has 0 bridgehead atoms. The fraction of sp³-hybridized carbons (Fsp3) is 0.136. The van der Waals surface area contributed by atoms with Gasteiger partial charge in [-0.25, -0.2) is 9.97 Å². The summed E-state index contributed by atoms with van der Waals surface area (Å²) in [5.41, 5.74) is 1.45. The number of aromatic nitrogens is 3. The van der Waals surface area contributed by atoms with Crippen LogP contribution in [0.25, 0.3) is 16.7 Å². The van der Waals surface area contributed by atoms with Crippen LogP contribution in [-0.4, -0.2) is 33.3 Å². The smallest absolute Gasteiger partial charge is 0.417 e. The van der Waals surface area contributed by atoms with E-state index in [4.69, 9.17) is 16.3 Å². The number of thioether (sulfide) groups is 1. The van der Waals surface area contributed by atoms with Crippen LogP contribution in [0.1, 0.15) is 5.56 Å². The minimum Gasteiger partial charge on any atom is -0.497 e. The van der Waals surface area contributed by atoms with E-state index >= 15 is 0 Å². The summed E-state index contributed by atoms with van der Waals surface area (Å²) >= 11 is 7.05. The SMILES string of the molecule is COc1ccc(-n2c(SCC(=O)Nc3ncc(C(F)(F)F)cc3Cl)nc3ccccc32)cc1. The van der Waals surface area contributed by atoms with Crippen molar-refractivity contribution in [3.63, 3.8) is 0 Å². The molecule has 0 radical (unpaired) electrons. The number of pyridine rings is 1. The molecule has 0 atom stereocenters. The van der Waals surface area contributed by atoms with Crippen LogP contribution in [0, 0.1) is 0 Å². The van der Waals surface area contributed by atoms with Crippen molar-refractivity contribution in [2.75, 3.05) is 18.2 Å². The van der Waals surface area contributed by atoms with Gasteiger partial charge in [-0.2, -0.15) is 13.2 Å². The molecule has 170 valence electrons. The van der Waals surface area contributed by atoms with Crippen LogP contribution in [0.5, 0.6) is 5.75 Å². The van der Waals surface area contributed by atoms with Crippen molar-refractivity contribution < 1.29 is 22.7 Å². The summed E-state index contributed by atoms with van der Waals surface area (Å²) in [5.74, 6) is 0.0255. The summed E-state index contributed by atoms with van der Waals surface area (Å²) < 4.78 is 45.4. The highest BCUT2D eigenvalue weighted by Gasteiger charge is 2.31. The number of carbonyl (C=O) groups excluding carboxylic acids is 1. The average molecular weight is 493 g/mol. The quantitative estimate of drug-likeness (QED) is 0.343. The number of benzene rings is 2. The second kappa shape index (κ2) is 9.32. The maximum absolute atomic E-state index is 12.8. The van der Waals surface area contributed by atoms with Crippen molar-refractivity contribution in [2.24, 2.45) is 0 Å². The highest BCUT2D eigenvalue weighted by Crippen LogP contribution is 2.33. The Hall–Kier alpha value is -3.24. The van der Waals surface area contributed by atoms with Gasteiger partial charge in [-0.15, -0.1) is 0 Å². The van der Waals surface area contributed by atoms with Crippen LogP contribution in [0.15, 0.2) is 66.0 Å². The predicted molar refractivity (Wildman–Crippen MR) is 121 cm³/mol.